The molecule has 3 nitrogen and oxygen atoms in total. The highest BCUT2D eigenvalue weighted by Gasteiger charge is 2.35. The minimum atomic E-state index is 0.284. The smallest absolute Gasteiger partial charge is 0.0558 e. The van der Waals surface area contributed by atoms with Crippen LogP contribution in [-0.2, 0) is 0 Å². The van der Waals surface area contributed by atoms with Crippen LogP contribution in [0, 0.1) is 17.3 Å². The summed E-state index contributed by atoms with van der Waals surface area (Å²) in [4.78, 5) is 2.48. The van der Waals surface area contributed by atoms with E-state index < -0.39 is 0 Å². The molecule has 0 aromatic heterocycles. The number of hydrogen-bond donors (Lipinski definition) is 2. The van der Waals surface area contributed by atoms with Gasteiger partial charge in [0.25, 0.3) is 0 Å². The van der Waals surface area contributed by atoms with Crippen LogP contribution in [0.15, 0.2) is 0 Å². The van der Waals surface area contributed by atoms with Gasteiger partial charge in [0.05, 0.1) is 6.61 Å². The van der Waals surface area contributed by atoms with Crippen molar-refractivity contribution in [1.29, 1.82) is 0 Å². The van der Waals surface area contributed by atoms with Gasteiger partial charge in [-0.1, -0.05) is 40.5 Å². The number of rotatable bonds is 10. The van der Waals surface area contributed by atoms with E-state index in [1.807, 2.05) is 0 Å². The van der Waals surface area contributed by atoms with E-state index in [4.69, 9.17) is 0 Å². The van der Waals surface area contributed by atoms with Gasteiger partial charge < -0.3 is 15.3 Å². The Kier molecular flexibility index (Phi) is 8.84. The van der Waals surface area contributed by atoms with Gasteiger partial charge in [0.15, 0.2) is 0 Å². The Labute approximate surface area is 132 Å². The van der Waals surface area contributed by atoms with Crippen molar-refractivity contribution in [2.45, 2.75) is 59.8 Å². The fraction of sp³-hybridized carbons (Fsp3) is 1.00. The molecule has 2 N–H and O–H groups in total. The highest BCUT2D eigenvalue weighted by atomic mass is 16.3. The summed E-state index contributed by atoms with van der Waals surface area (Å²) < 4.78 is 0. The van der Waals surface area contributed by atoms with E-state index in [1.54, 1.807) is 0 Å². The molecule has 1 fully saturated rings. The van der Waals surface area contributed by atoms with Crippen molar-refractivity contribution in [3.05, 3.63) is 0 Å². The topological polar surface area (TPSA) is 35.5 Å². The third-order valence-electron chi connectivity index (χ3n) is 4.90. The molecule has 0 aromatic rings. The minimum absolute atomic E-state index is 0.284. The summed E-state index contributed by atoms with van der Waals surface area (Å²) in [5.41, 5.74) is 0.422. The fourth-order valence-electron chi connectivity index (χ4n) is 3.59. The molecule has 0 amide bonds. The van der Waals surface area contributed by atoms with Crippen LogP contribution in [0.2, 0.25) is 0 Å². The van der Waals surface area contributed by atoms with Crippen molar-refractivity contribution in [1.82, 2.24) is 10.2 Å². The van der Waals surface area contributed by atoms with Gasteiger partial charge in [0.2, 0.25) is 0 Å². The van der Waals surface area contributed by atoms with Crippen LogP contribution >= 0.6 is 0 Å². The van der Waals surface area contributed by atoms with Crippen LogP contribution in [0.3, 0.4) is 0 Å². The molecular formula is C18H38N2O. The van der Waals surface area contributed by atoms with Gasteiger partial charge in [-0.15, -0.1) is 0 Å². The second kappa shape index (κ2) is 9.81. The second-order valence-electron chi connectivity index (χ2n) is 7.71. The third-order valence-corrected chi connectivity index (χ3v) is 4.90. The van der Waals surface area contributed by atoms with Crippen LogP contribution in [0.5, 0.6) is 0 Å². The summed E-state index contributed by atoms with van der Waals surface area (Å²) in [5, 5.41) is 13.0. The monoisotopic (exact) mass is 298 g/mol. The molecule has 1 saturated carbocycles. The van der Waals surface area contributed by atoms with Crippen molar-refractivity contribution < 1.29 is 5.11 Å². The van der Waals surface area contributed by atoms with Gasteiger partial charge in [-0.2, -0.15) is 0 Å². The molecule has 0 saturated heterocycles. The van der Waals surface area contributed by atoms with Crippen molar-refractivity contribution in [3.63, 3.8) is 0 Å². The Morgan fingerprint density at radius 3 is 2.43 bits per heavy atom. The molecule has 0 aliphatic heterocycles. The van der Waals surface area contributed by atoms with Gasteiger partial charge in [-0.05, 0) is 49.6 Å². The largest absolute Gasteiger partial charge is 0.395 e. The molecule has 3 heteroatoms. The van der Waals surface area contributed by atoms with Crippen molar-refractivity contribution in [2.75, 3.05) is 39.3 Å². The van der Waals surface area contributed by atoms with E-state index in [0.717, 1.165) is 38.6 Å². The average Bonchev–Trinajstić information content (AvgIpc) is 2.42. The maximum atomic E-state index is 9.31. The highest BCUT2D eigenvalue weighted by Crippen LogP contribution is 2.39. The molecule has 0 heterocycles. The van der Waals surface area contributed by atoms with Gasteiger partial charge in [-0.3, -0.25) is 0 Å². The molecule has 0 unspecified atom stereocenters. The first-order chi connectivity index (χ1) is 10.0. The average molecular weight is 299 g/mol. The SMILES string of the molecule is CCCN(CCO)CC1(CNCC(C)C)CCC(C)CC1. The molecule has 0 radical (unpaired) electrons. The first kappa shape index (κ1) is 18.9. The van der Waals surface area contributed by atoms with E-state index in [2.05, 4.69) is 37.9 Å². The van der Waals surface area contributed by atoms with Crippen molar-refractivity contribution in [3.8, 4) is 0 Å². The van der Waals surface area contributed by atoms with Crippen LogP contribution in [0.4, 0.5) is 0 Å². The van der Waals surface area contributed by atoms with Crippen LogP contribution in [0.1, 0.15) is 59.8 Å². The molecule has 0 atom stereocenters. The van der Waals surface area contributed by atoms with Gasteiger partial charge in [0, 0.05) is 19.6 Å². The fourth-order valence-corrected chi connectivity index (χ4v) is 3.59. The summed E-state index contributed by atoms with van der Waals surface area (Å²) in [6, 6.07) is 0. The van der Waals surface area contributed by atoms with Gasteiger partial charge in [0.1, 0.15) is 0 Å². The van der Waals surface area contributed by atoms with Crippen LogP contribution < -0.4 is 5.32 Å². The molecule has 1 aliphatic carbocycles. The van der Waals surface area contributed by atoms with E-state index in [-0.39, 0.29) is 6.61 Å². The standard InChI is InChI=1S/C18H38N2O/c1-5-10-20(11-12-21)15-18(14-19-13-16(2)3)8-6-17(4)7-9-18/h16-17,19,21H,5-15H2,1-4H3. The maximum Gasteiger partial charge on any atom is 0.0558 e. The first-order valence-corrected chi connectivity index (χ1v) is 9.05. The Morgan fingerprint density at radius 1 is 1.24 bits per heavy atom. The van der Waals surface area contributed by atoms with Crippen LogP contribution in [-0.4, -0.2) is 49.3 Å². The zero-order valence-electron chi connectivity index (χ0n) is 14.8. The number of aliphatic hydroxyl groups is 1. The molecule has 0 aromatic carbocycles. The van der Waals surface area contributed by atoms with E-state index in [1.165, 1.54) is 32.1 Å². The quantitative estimate of drug-likeness (QED) is 0.650. The summed E-state index contributed by atoms with van der Waals surface area (Å²) in [6.07, 6.45) is 6.58. The molecule has 1 aliphatic rings. The molecule has 126 valence electrons. The lowest BCUT2D eigenvalue weighted by molar-refractivity contribution is 0.0753. The normalized spacial score (nSPS) is 26.7. The van der Waals surface area contributed by atoms with Crippen molar-refractivity contribution >= 4 is 0 Å². The Balaban J connectivity index is 2.61. The van der Waals surface area contributed by atoms with Gasteiger partial charge in [-0.25, -0.2) is 0 Å². The van der Waals surface area contributed by atoms with E-state index in [0.29, 0.717) is 11.3 Å². The predicted octanol–water partition coefficient (Wildman–Crippen LogP) is 3.13. The summed E-state index contributed by atoms with van der Waals surface area (Å²) in [5.74, 6) is 1.61. The lowest BCUT2D eigenvalue weighted by Crippen LogP contribution is -2.47. The lowest BCUT2D eigenvalue weighted by Gasteiger charge is -2.43. The number of hydrogen-bond acceptors (Lipinski definition) is 3. The van der Waals surface area contributed by atoms with Gasteiger partial charge >= 0.3 is 0 Å². The van der Waals surface area contributed by atoms with E-state index >= 15 is 0 Å². The Morgan fingerprint density at radius 2 is 1.90 bits per heavy atom. The molecular weight excluding hydrogens is 260 g/mol. The predicted molar refractivity (Wildman–Crippen MR) is 91.6 cm³/mol. The number of nitrogens with one attached hydrogen (secondary N) is 1. The first-order valence-electron chi connectivity index (χ1n) is 9.05. The minimum Gasteiger partial charge on any atom is -0.395 e. The molecule has 1 rings (SSSR count). The summed E-state index contributed by atoms with van der Waals surface area (Å²) >= 11 is 0. The second-order valence-corrected chi connectivity index (χ2v) is 7.71. The Bertz CT molecular complexity index is 254. The molecule has 0 bridgehead atoms. The third kappa shape index (κ3) is 7.12. The van der Waals surface area contributed by atoms with Crippen molar-refractivity contribution in [2.24, 2.45) is 17.3 Å². The number of aliphatic hydroxyl groups excluding tert-OH is 1. The van der Waals surface area contributed by atoms with Crippen LogP contribution in [0.25, 0.3) is 0 Å². The zero-order valence-corrected chi connectivity index (χ0v) is 14.8. The zero-order chi connectivity index (χ0) is 15.7. The van der Waals surface area contributed by atoms with E-state index in [9.17, 15) is 5.11 Å². The molecule has 0 spiro atoms. The number of nitrogens with zero attached hydrogens (tertiary/aromatic N) is 1. The lowest BCUT2D eigenvalue weighted by atomic mass is 9.70. The molecule has 21 heavy (non-hydrogen) atoms. The highest BCUT2D eigenvalue weighted by molar-refractivity contribution is 4.89. The Hall–Kier alpha value is -0.120. The summed E-state index contributed by atoms with van der Waals surface area (Å²) in [6.45, 7) is 14.8. The summed E-state index contributed by atoms with van der Waals surface area (Å²) in [7, 11) is 0. The maximum absolute atomic E-state index is 9.31.